The Kier molecular flexibility index (Phi) is 8.27. The number of hydrogen-bond acceptors (Lipinski definition) is 2. The van der Waals surface area contributed by atoms with Crippen molar-refractivity contribution in [2.24, 2.45) is 23.7 Å². The molecule has 0 amide bonds. The van der Waals surface area contributed by atoms with Crippen LogP contribution < -0.4 is 0 Å². The van der Waals surface area contributed by atoms with Crippen molar-refractivity contribution < 1.29 is 8.78 Å². The number of benzene rings is 3. The van der Waals surface area contributed by atoms with Crippen molar-refractivity contribution in [1.82, 2.24) is 14.9 Å². The smallest absolute Gasteiger partial charge is 0.127 e. The quantitative estimate of drug-likeness (QED) is 0.222. The predicted octanol–water partition coefficient (Wildman–Crippen LogP) is 8.25. The van der Waals surface area contributed by atoms with Crippen LogP contribution in [0.25, 0.3) is 11.0 Å². The number of nitrogens with zero attached hydrogens (tertiary/aromatic N) is 2. The van der Waals surface area contributed by atoms with Crippen LogP contribution in [0.1, 0.15) is 49.7 Å². The van der Waals surface area contributed by atoms with Crippen LogP contribution in [0.5, 0.6) is 0 Å². The molecule has 0 saturated heterocycles. The fraction of sp³-hybridized carbons (Fsp3) is 0.382. The Bertz CT molecular complexity index is 1410. The van der Waals surface area contributed by atoms with Crippen molar-refractivity contribution in [2.75, 3.05) is 6.54 Å². The van der Waals surface area contributed by atoms with Gasteiger partial charge in [0, 0.05) is 37.2 Å². The van der Waals surface area contributed by atoms with E-state index in [2.05, 4.69) is 61.9 Å². The van der Waals surface area contributed by atoms with Gasteiger partial charge in [-0.2, -0.15) is 0 Å². The highest BCUT2D eigenvalue weighted by Crippen LogP contribution is 2.39. The van der Waals surface area contributed by atoms with Gasteiger partial charge in [0.1, 0.15) is 17.5 Å². The highest BCUT2D eigenvalue weighted by molar-refractivity contribution is 5.78. The fourth-order valence-corrected chi connectivity index (χ4v) is 6.26. The van der Waals surface area contributed by atoms with Crippen molar-refractivity contribution >= 4 is 11.0 Å². The Morgan fingerprint density at radius 1 is 0.897 bits per heavy atom. The molecular weight excluding hydrogens is 488 g/mol. The number of para-hydroxylation sites is 1. The number of aromatic nitrogens is 2. The molecule has 39 heavy (non-hydrogen) atoms. The molecule has 1 heterocycles. The molecule has 3 aromatic carbocycles. The Morgan fingerprint density at radius 3 is 2.13 bits per heavy atom. The van der Waals surface area contributed by atoms with Gasteiger partial charge in [-0.1, -0.05) is 74.0 Å². The third-order valence-corrected chi connectivity index (χ3v) is 8.46. The second kappa shape index (κ2) is 11.8. The summed E-state index contributed by atoms with van der Waals surface area (Å²) in [5, 5.41) is 0. The molecule has 0 radical (unpaired) electrons. The lowest BCUT2D eigenvalue weighted by Crippen LogP contribution is -2.37. The summed E-state index contributed by atoms with van der Waals surface area (Å²) in [6, 6.07) is 20.1. The first-order valence-corrected chi connectivity index (χ1v) is 14.1. The van der Waals surface area contributed by atoms with E-state index in [1.807, 2.05) is 24.3 Å². The number of nitrogens with one attached hydrogen (secondary N) is 1. The van der Waals surface area contributed by atoms with Crippen LogP contribution in [0.2, 0.25) is 0 Å². The van der Waals surface area contributed by atoms with Crippen molar-refractivity contribution in [3.63, 3.8) is 0 Å². The van der Waals surface area contributed by atoms with Gasteiger partial charge in [-0.3, -0.25) is 4.90 Å². The van der Waals surface area contributed by atoms with Crippen molar-refractivity contribution in [3.05, 3.63) is 113 Å². The minimum absolute atomic E-state index is 0.215. The Hall–Kier alpha value is -3.31. The lowest BCUT2D eigenvalue weighted by molar-refractivity contribution is 0.149. The van der Waals surface area contributed by atoms with Crippen molar-refractivity contribution in [2.45, 2.75) is 53.6 Å². The van der Waals surface area contributed by atoms with Gasteiger partial charge in [0.05, 0.1) is 11.0 Å². The van der Waals surface area contributed by atoms with E-state index in [0.29, 0.717) is 47.9 Å². The van der Waals surface area contributed by atoms with Crippen LogP contribution in [0, 0.1) is 42.2 Å². The molecule has 5 rings (SSSR count). The largest absolute Gasteiger partial charge is 0.342 e. The number of fused-ring (bicyclic) bond motifs is 1. The average molecular weight is 528 g/mol. The normalized spacial score (nSPS) is 19.7. The maximum atomic E-state index is 14.7. The molecule has 0 saturated carbocycles. The molecule has 0 fully saturated rings. The molecule has 0 bridgehead atoms. The first-order valence-electron chi connectivity index (χ1n) is 14.1. The molecule has 5 heteroatoms. The maximum absolute atomic E-state index is 14.7. The van der Waals surface area contributed by atoms with Crippen LogP contribution in [0.4, 0.5) is 8.78 Å². The van der Waals surface area contributed by atoms with Gasteiger partial charge in [0.25, 0.3) is 0 Å². The third-order valence-electron chi connectivity index (χ3n) is 8.46. The molecule has 204 valence electrons. The highest BCUT2D eigenvalue weighted by Gasteiger charge is 2.33. The highest BCUT2D eigenvalue weighted by atomic mass is 19.1. The SMILES string of the molecule is CC1=CC(CN(Cc2ccccc2F)Cc2ccccc2F)C(C(C)C)CC1Cc1nc2c(C)cccc2[nH]1. The summed E-state index contributed by atoms with van der Waals surface area (Å²) in [7, 11) is 0. The molecule has 1 N–H and O–H groups in total. The lowest BCUT2D eigenvalue weighted by Gasteiger charge is -2.39. The molecule has 0 aliphatic heterocycles. The molecule has 3 atom stereocenters. The molecule has 1 aliphatic carbocycles. The summed E-state index contributed by atoms with van der Waals surface area (Å²) in [6.45, 7) is 10.6. The number of rotatable bonds is 9. The number of H-pyrrole nitrogens is 1. The Morgan fingerprint density at radius 2 is 1.54 bits per heavy atom. The summed E-state index contributed by atoms with van der Waals surface area (Å²) in [6.07, 6.45) is 4.40. The van der Waals surface area contributed by atoms with Gasteiger partial charge in [0.15, 0.2) is 0 Å². The predicted molar refractivity (Wildman–Crippen MR) is 155 cm³/mol. The molecule has 1 aliphatic rings. The first-order chi connectivity index (χ1) is 18.8. The fourth-order valence-electron chi connectivity index (χ4n) is 6.26. The minimum Gasteiger partial charge on any atom is -0.342 e. The standard InChI is InChI=1S/C34H39F2N3/c1-22(2)29-17-27(18-33-37-32-15-9-10-23(3)34(32)38-33)24(4)16-28(29)21-39(19-25-11-5-7-13-30(25)35)20-26-12-6-8-14-31(26)36/h5-16,22,27-29H,17-21H2,1-4H3,(H,37,38). The Balaban J connectivity index is 1.39. The van der Waals surface area contributed by atoms with E-state index < -0.39 is 0 Å². The van der Waals surface area contributed by atoms with Crippen LogP contribution in [-0.2, 0) is 19.5 Å². The summed E-state index contributed by atoms with van der Waals surface area (Å²) in [4.78, 5) is 10.7. The van der Waals surface area contributed by atoms with Crippen LogP contribution in [0.3, 0.4) is 0 Å². The Labute approximate surface area is 231 Å². The third kappa shape index (κ3) is 6.30. The monoisotopic (exact) mass is 527 g/mol. The summed E-state index contributed by atoms with van der Waals surface area (Å²) >= 11 is 0. The lowest BCUT2D eigenvalue weighted by atomic mass is 9.69. The number of aromatic amines is 1. The average Bonchev–Trinajstić information content (AvgIpc) is 3.32. The minimum atomic E-state index is -0.215. The maximum Gasteiger partial charge on any atom is 0.127 e. The van der Waals surface area contributed by atoms with E-state index in [1.165, 1.54) is 23.3 Å². The summed E-state index contributed by atoms with van der Waals surface area (Å²) < 4.78 is 29.3. The number of aryl methyl sites for hydroxylation is 1. The van der Waals surface area contributed by atoms with Gasteiger partial charge in [-0.25, -0.2) is 13.8 Å². The molecule has 3 nitrogen and oxygen atoms in total. The zero-order chi connectivity index (χ0) is 27.5. The van der Waals surface area contributed by atoms with E-state index in [1.54, 1.807) is 12.1 Å². The van der Waals surface area contributed by atoms with Gasteiger partial charge < -0.3 is 4.98 Å². The van der Waals surface area contributed by atoms with Gasteiger partial charge >= 0.3 is 0 Å². The van der Waals surface area contributed by atoms with Crippen molar-refractivity contribution in [1.29, 1.82) is 0 Å². The summed E-state index contributed by atoms with van der Waals surface area (Å²) in [5.41, 5.74) is 6.01. The zero-order valence-corrected chi connectivity index (χ0v) is 23.4. The zero-order valence-electron chi connectivity index (χ0n) is 23.4. The molecule has 4 aromatic rings. The van der Waals surface area contributed by atoms with E-state index in [9.17, 15) is 8.78 Å². The van der Waals surface area contributed by atoms with Crippen LogP contribution in [0.15, 0.2) is 78.4 Å². The van der Waals surface area contributed by atoms with Gasteiger partial charge in [-0.15, -0.1) is 0 Å². The molecule has 1 aromatic heterocycles. The number of halogens is 2. The molecule has 0 spiro atoms. The number of imidazole rings is 1. The molecular formula is C34H39F2N3. The van der Waals surface area contributed by atoms with Crippen molar-refractivity contribution in [3.8, 4) is 0 Å². The van der Waals surface area contributed by atoms with Gasteiger partial charge in [-0.05, 0) is 67.7 Å². The number of allylic oxidation sites excluding steroid dienone is 1. The second-order valence-electron chi connectivity index (χ2n) is 11.6. The topological polar surface area (TPSA) is 31.9 Å². The number of hydrogen-bond donors (Lipinski definition) is 1. The van der Waals surface area contributed by atoms with E-state index in [-0.39, 0.29) is 11.6 Å². The second-order valence-corrected chi connectivity index (χ2v) is 11.6. The first kappa shape index (κ1) is 27.3. The van der Waals surface area contributed by atoms with Crippen LogP contribution >= 0.6 is 0 Å². The van der Waals surface area contributed by atoms with E-state index >= 15 is 0 Å². The van der Waals surface area contributed by atoms with E-state index in [4.69, 9.17) is 4.98 Å². The molecule has 3 unspecified atom stereocenters. The van der Waals surface area contributed by atoms with Gasteiger partial charge in [0.2, 0.25) is 0 Å². The van der Waals surface area contributed by atoms with E-state index in [0.717, 1.165) is 36.2 Å². The van der Waals surface area contributed by atoms with Crippen LogP contribution in [-0.4, -0.2) is 21.4 Å². The summed E-state index contributed by atoms with van der Waals surface area (Å²) in [5.74, 6) is 2.29.